The molecular weight excluding hydrogens is 558 g/mol. The molecule has 2 fully saturated rings. The molecule has 0 saturated carbocycles. The van der Waals surface area contributed by atoms with E-state index in [1.54, 1.807) is 0 Å². The van der Waals surface area contributed by atoms with Crippen molar-refractivity contribution in [1.82, 2.24) is 19.4 Å². The van der Waals surface area contributed by atoms with Gasteiger partial charge < -0.3 is 20.3 Å². The fraction of sp³-hybridized carbons (Fsp3) is 0.429. The van der Waals surface area contributed by atoms with E-state index in [0.717, 1.165) is 10.8 Å². The number of alkyl halides is 3. The lowest BCUT2D eigenvalue weighted by Crippen LogP contribution is -2.55. The van der Waals surface area contributed by atoms with Gasteiger partial charge in [-0.2, -0.15) is 13.2 Å². The summed E-state index contributed by atoms with van der Waals surface area (Å²) in [4.78, 5) is 40.0. The lowest BCUT2D eigenvalue weighted by atomic mass is 10.0. The quantitative estimate of drug-likeness (QED) is 0.453. The van der Waals surface area contributed by atoms with Gasteiger partial charge in [-0.25, -0.2) is 14.4 Å². The molecule has 0 radical (unpaired) electrons. The number of piperazine rings is 1. The highest BCUT2D eigenvalue weighted by atomic mass is 19.4. The number of ether oxygens (including phenoxy) is 1. The minimum atomic E-state index is -4.98. The van der Waals surface area contributed by atoms with Crippen LogP contribution in [0.5, 0.6) is 0 Å². The van der Waals surface area contributed by atoms with Gasteiger partial charge in [0.15, 0.2) is 0 Å². The number of carbonyl (C=O) groups is 1. The van der Waals surface area contributed by atoms with Gasteiger partial charge in [0.2, 0.25) is 5.95 Å². The van der Waals surface area contributed by atoms with E-state index in [4.69, 9.17) is 10.5 Å². The minimum absolute atomic E-state index is 0.0323. The first-order valence-corrected chi connectivity index (χ1v) is 13.4. The Morgan fingerprint density at radius 1 is 1.00 bits per heavy atom. The molecule has 42 heavy (non-hydrogen) atoms. The number of aromatic nitrogens is 3. The third kappa shape index (κ3) is 5.68. The largest absolute Gasteiger partial charge is 0.417 e. The molecule has 224 valence electrons. The number of hydrogen-bond acceptors (Lipinski definition) is 8. The van der Waals surface area contributed by atoms with Gasteiger partial charge in [-0.05, 0) is 33.0 Å². The maximum absolute atomic E-state index is 15.8. The SMILES string of the molecule is C[C@@H]1CN(c2cc(F)c(-c3cnc(N4CCOCC4)nc3)cc2-n2cc(C(N)=O)c(C(F)(F)F)cc2=O)C[C@@H](C)N1C. The summed E-state index contributed by atoms with van der Waals surface area (Å²) in [7, 11) is 1.97. The van der Waals surface area contributed by atoms with Crippen molar-refractivity contribution in [2.45, 2.75) is 32.1 Å². The van der Waals surface area contributed by atoms with Crippen LogP contribution in [0.3, 0.4) is 0 Å². The van der Waals surface area contributed by atoms with Crippen LogP contribution in [0.2, 0.25) is 0 Å². The Hall–Kier alpha value is -4.04. The van der Waals surface area contributed by atoms with Crippen LogP contribution >= 0.6 is 0 Å². The van der Waals surface area contributed by atoms with E-state index in [2.05, 4.69) is 14.9 Å². The molecule has 10 nitrogen and oxygen atoms in total. The molecule has 1 amide bonds. The van der Waals surface area contributed by atoms with E-state index in [0.29, 0.717) is 57.0 Å². The first-order chi connectivity index (χ1) is 19.8. The highest BCUT2D eigenvalue weighted by Crippen LogP contribution is 2.36. The van der Waals surface area contributed by atoms with E-state index < -0.39 is 34.6 Å². The van der Waals surface area contributed by atoms with Crippen molar-refractivity contribution in [3.8, 4) is 16.8 Å². The number of morpholine rings is 1. The number of carbonyl (C=O) groups excluding carboxylic acids is 1. The normalized spacial score (nSPS) is 20.2. The minimum Gasteiger partial charge on any atom is -0.378 e. The van der Waals surface area contributed by atoms with Gasteiger partial charge in [-0.1, -0.05) is 0 Å². The van der Waals surface area contributed by atoms with Gasteiger partial charge in [0, 0.05) is 74.0 Å². The Kier molecular flexibility index (Phi) is 7.94. The van der Waals surface area contributed by atoms with Crippen LogP contribution in [0.4, 0.5) is 29.2 Å². The first kappa shape index (κ1) is 29.5. The maximum atomic E-state index is 15.8. The molecule has 2 aliphatic rings. The molecule has 14 heteroatoms. The number of nitrogens with two attached hydrogens (primary N) is 1. The molecule has 4 heterocycles. The molecule has 0 aliphatic carbocycles. The van der Waals surface area contributed by atoms with E-state index in [9.17, 15) is 22.8 Å². The summed E-state index contributed by atoms with van der Waals surface area (Å²) in [5, 5.41) is 0. The van der Waals surface area contributed by atoms with Gasteiger partial charge in [0.1, 0.15) is 5.82 Å². The van der Waals surface area contributed by atoms with Crippen LogP contribution in [-0.4, -0.2) is 83.9 Å². The molecule has 2 aliphatic heterocycles. The van der Waals surface area contributed by atoms with Crippen molar-refractivity contribution in [2.24, 2.45) is 5.73 Å². The summed E-state index contributed by atoms with van der Waals surface area (Å²) >= 11 is 0. The Labute approximate surface area is 239 Å². The zero-order valence-electron chi connectivity index (χ0n) is 23.4. The van der Waals surface area contributed by atoms with E-state index in [1.165, 1.54) is 24.5 Å². The first-order valence-electron chi connectivity index (χ1n) is 13.4. The highest BCUT2D eigenvalue weighted by Gasteiger charge is 2.36. The number of rotatable bonds is 5. The molecule has 0 spiro atoms. The average Bonchev–Trinajstić information content (AvgIpc) is 2.95. The third-order valence-electron chi connectivity index (χ3n) is 7.89. The summed E-state index contributed by atoms with van der Waals surface area (Å²) in [5.41, 5.74) is 2.64. The average molecular weight is 590 g/mol. The summed E-state index contributed by atoms with van der Waals surface area (Å²) in [6.45, 7) is 7.18. The van der Waals surface area contributed by atoms with Crippen LogP contribution in [0, 0.1) is 5.82 Å². The van der Waals surface area contributed by atoms with Crippen LogP contribution in [0.25, 0.3) is 16.8 Å². The number of anilines is 2. The molecule has 1 aromatic carbocycles. The van der Waals surface area contributed by atoms with Gasteiger partial charge >= 0.3 is 6.18 Å². The molecule has 2 atom stereocenters. The number of amides is 1. The fourth-order valence-electron chi connectivity index (χ4n) is 5.36. The smallest absolute Gasteiger partial charge is 0.378 e. The molecular formula is C28H31F4N7O3. The third-order valence-corrected chi connectivity index (χ3v) is 7.89. The lowest BCUT2D eigenvalue weighted by molar-refractivity contribution is -0.138. The van der Waals surface area contributed by atoms with Crippen LogP contribution < -0.4 is 21.1 Å². The van der Waals surface area contributed by atoms with Crippen molar-refractivity contribution in [1.29, 1.82) is 0 Å². The number of likely N-dealkylation sites (N-methyl/N-ethyl adjacent to an activating group) is 1. The fourth-order valence-corrected chi connectivity index (χ4v) is 5.36. The van der Waals surface area contributed by atoms with Crippen molar-refractivity contribution < 1.29 is 27.1 Å². The number of primary amides is 1. The van der Waals surface area contributed by atoms with Crippen molar-refractivity contribution in [3.63, 3.8) is 0 Å². The van der Waals surface area contributed by atoms with Gasteiger partial charge in [0.25, 0.3) is 11.5 Å². The molecule has 2 aromatic heterocycles. The molecule has 0 bridgehead atoms. The van der Waals surface area contributed by atoms with Crippen molar-refractivity contribution in [3.05, 3.63) is 64.1 Å². The number of halogens is 4. The van der Waals surface area contributed by atoms with Crippen molar-refractivity contribution in [2.75, 3.05) is 56.2 Å². The van der Waals surface area contributed by atoms with Gasteiger partial charge in [-0.3, -0.25) is 19.1 Å². The molecule has 2 N–H and O–H groups in total. The predicted molar refractivity (Wildman–Crippen MR) is 148 cm³/mol. The molecule has 2 saturated heterocycles. The van der Waals surface area contributed by atoms with Crippen LogP contribution in [0.15, 0.2) is 41.6 Å². The summed E-state index contributed by atoms with van der Waals surface area (Å²) in [6, 6.07) is 3.05. The van der Waals surface area contributed by atoms with E-state index in [1.807, 2.05) is 30.7 Å². The zero-order valence-corrected chi connectivity index (χ0v) is 23.4. The second-order valence-corrected chi connectivity index (χ2v) is 10.6. The monoisotopic (exact) mass is 589 g/mol. The van der Waals surface area contributed by atoms with E-state index in [-0.39, 0.29) is 29.0 Å². The maximum Gasteiger partial charge on any atom is 0.417 e. The molecule has 3 aromatic rings. The second kappa shape index (κ2) is 11.3. The van der Waals surface area contributed by atoms with Crippen molar-refractivity contribution >= 4 is 17.5 Å². The summed E-state index contributed by atoms with van der Waals surface area (Å²) < 4.78 is 63.1. The summed E-state index contributed by atoms with van der Waals surface area (Å²) in [5.74, 6) is -1.54. The Morgan fingerprint density at radius 2 is 1.62 bits per heavy atom. The van der Waals surface area contributed by atoms with Crippen LogP contribution in [-0.2, 0) is 10.9 Å². The Morgan fingerprint density at radius 3 is 2.19 bits per heavy atom. The van der Waals surface area contributed by atoms with Gasteiger partial charge in [0.05, 0.1) is 35.7 Å². The van der Waals surface area contributed by atoms with E-state index >= 15 is 4.39 Å². The second-order valence-electron chi connectivity index (χ2n) is 10.6. The number of nitrogens with zero attached hydrogens (tertiary/aromatic N) is 6. The van der Waals surface area contributed by atoms with Crippen LogP contribution in [0.1, 0.15) is 29.8 Å². The molecule has 5 rings (SSSR count). The zero-order chi connectivity index (χ0) is 30.3. The van der Waals surface area contributed by atoms with Gasteiger partial charge in [-0.15, -0.1) is 0 Å². The number of hydrogen-bond donors (Lipinski definition) is 1. The summed E-state index contributed by atoms with van der Waals surface area (Å²) in [6.07, 6.45) is -1.32. The predicted octanol–water partition coefficient (Wildman–Crippen LogP) is 2.92. The number of benzene rings is 1. The molecule has 0 unspecified atom stereocenters. The Bertz CT molecular complexity index is 1530. The Balaban J connectivity index is 1.67. The number of pyridine rings is 1. The highest BCUT2D eigenvalue weighted by molar-refractivity contribution is 5.94. The topological polar surface area (TPSA) is 110 Å². The standard InChI is InChI=1S/C28H31F4N7O3/c1-16-13-38(14-17(2)36(16)3)23-10-22(29)19(18-11-34-27(35-12-18)37-4-6-42-7-5-37)8-24(23)39-15-20(26(33)41)21(9-25(39)40)28(30,31)32/h8-12,15-17H,4-7,13-14H2,1-3H3,(H2,33,41)/t16-,17-/m1/s1. The lowest BCUT2D eigenvalue weighted by Gasteiger charge is -2.44.